The second-order valence-electron chi connectivity index (χ2n) is 13.6. The van der Waals surface area contributed by atoms with Gasteiger partial charge in [-0.2, -0.15) is 0 Å². The van der Waals surface area contributed by atoms with Gasteiger partial charge in [0, 0.05) is 74.7 Å². The third-order valence-corrected chi connectivity index (χ3v) is 9.70. The third kappa shape index (κ3) is 11.8. The van der Waals surface area contributed by atoms with Crippen LogP contribution in [0.25, 0.3) is 22.3 Å². The van der Waals surface area contributed by atoms with Gasteiger partial charge in [0.2, 0.25) is 0 Å². The molecule has 0 radical (unpaired) electrons. The molecule has 64 heavy (non-hydrogen) atoms. The minimum Gasteiger partial charge on any atom is -0.478 e. The van der Waals surface area contributed by atoms with Gasteiger partial charge in [-0.15, -0.1) is 0 Å². The van der Waals surface area contributed by atoms with Crippen molar-refractivity contribution in [3.8, 4) is 22.3 Å². The number of non-ortho nitro benzene ring substituents is 4. The van der Waals surface area contributed by atoms with Crippen molar-refractivity contribution in [3.05, 3.63) is 136 Å². The topological polar surface area (TPSA) is 325 Å². The van der Waals surface area contributed by atoms with Gasteiger partial charge in [0.25, 0.3) is 34.6 Å². The average Bonchev–Trinajstić information content (AvgIpc) is 3.27. The number of rotatable bonds is 10. The van der Waals surface area contributed by atoms with E-state index in [-0.39, 0.29) is 112 Å². The van der Waals surface area contributed by atoms with Gasteiger partial charge in [0.1, 0.15) is 0 Å². The molecule has 0 spiro atoms. The number of nitro groups is 4. The summed E-state index contributed by atoms with van der Waals surface area (Å²) in [6.45, 7) is -0.738. The summed E-state index contributed by atoms with van der Waals surface area (Å²) in [6.07, 6.45) is 0. The predicted octanol–water partition coefficient (Wildman–Crippen LogP) is 4.71. The molecule has 2 amide bonds. The highest BCUT2D eigenvalue weighted by molar-refractivity contribution is 6.06. The summed E-state index contributed by atoms with van der Waals surface area (Å²) >= 11 is 0. The molecule has 1 fully saturated rings. The summed E-state index contributed by atoms with van der Waals surface area (Å²) in [5.41, 5.74) is -3.79. The van der Waals surface area contributed by atoms with E-state index in [2.05, 4.69) is 0 Å². The Morgan fingerprint density at radius 3 is 0.875 bits per heavy atom. The van der Waals surface area contributed by atoms with Gasteiger partial charge < -0.3 is 39.0 Å². The first kappa shape index (κ1) is 47.3. The van der Waals surface area contributed by atoms with Gasteiger partial charge in [0.15, 0.2) is 0 Å². The normalized spacial score (nSPS) is 14.7. The Kier molecular flexibility index (Phi) is 16.1. The Bertz CT molecular complexity index is 2290. The number of benzene rings is 4. The highest BCUT2D eigenvalue weighted by Gasteiger charge is 2.28. The molecule has 0 unspecified atom stereocenters. The van der Waals surface area contributed by atoms with Gasteiger partial charge >= 0.3 is 11.9 Å². The first-order chi connectivity index (χ1) is 30.6. The molecule has 4 aromatic rings. The maximum absolute atomic E-state index is 14.1. The Morgan fingerprint density at radius 2 is 0.641 bits per heavy atom. The zero-order chi connectivity index (χ0) is 46.5. The van der Waals surface area contributed by atoms with Gasteiger partial charge in [0.05, 0.1) is 94.8 Å². The Hall–Kier alpha value is -7.80. The van der Waals surface area contributed by atoms with E-state index in [1.165, 1.54) is 21.9 Å². The third-order valence-electron chi connectivity index (χ3n) is 9.70. The number of hydrogen-bond acceptors (Lipinski definition) is 16. The number of aromatic carboxylic acids is 2. The summed E-state index contributed by atoms with van der Waals surface area (Å²) in [4.78, 5) is 98.4. The second kappa shape index (κ2) is 21.8. The zero-order valence-corrected chi connectivity index (χ0v) is 33.5. The number of ether oxygens (including phenoxy) is 4. The molecule has 0 saturated carbocycles. The van der Waals surface area contributed by atoms with E-state index in [0.717, 1.165) is 60.7 Å². The lowest BCUT2D eigenvalue weighted by atomic mass is 9.93. The molecule has 1 aliphatic heterocycles. The van der Waals surface area contributed by atoms with E-state index < -0.39 is 77.3 Å². The van der Waals surface area contributed by atoms with Crippen LogP contribution in [-0.4, -0.2) is 142 Å². The Balaban J connectivity index is 1.32. The Labute approximate surface area is 360 Å². The highest BCUT2D eigenvalue weighted by Crippen LogP contribution is 2.35. The molecular formula is C40H38N6O18. The van der Waals surface area contributed by atoms with Gasteiger partial charge in [-0.25, -0.2) is 9.59 Å². The van der Waals surface area contributed by atoms with Crippen LogP contribution in [0, 0.1) is 40.5 Å². The van der Waals surface area contributed by atoms with E-state index in [0.29, 0.717) is 0 Å². The molecule has 24 heteroatoms. The van der Waals surface area contributed by atoms with Gasteiger partial charge in [-0.3, -0.25) is 50.0 Å². The number of carbonyl (C=O) groups is 4. The van der Waals surface area contributed by atoms with Gasteiger partial charge in [-0.1, -0.05) is 0 Å². The minimum atomic E-state index is -1.54. The standard InChI is InChI=1S/C40H38N6O18/c47-37(33-21-25(43(53)54)1-5-29(33)31-7-3-27(45(57)58)23-35(31)39(49)50)41-9-13-61-17-19-63-15-11-42(12-16-64-20-18-62-14-10-41)38(48)34-22-26(44(55)56)2-6-30(34)32-8-4-28(46(59)60)24-36(32)40(51)52/h1-8,21-24H,9-20H2,(H,49,50)(H,51,52). The van der Waals surface area contributed by atoms with Crippen molar-refractivity contribution < 1.29 is 68.0 Å². The van der Waals surface area contributed by atoms with Crippen molar-refractivity contribution >= 4 is 46.5 Å². The van der Waals surface area contributed by atoms with Crippen LogP contribution in [-0.2, 0) is 18.9 Å². The lowest BCUT2D eigenvalue weighted by Gasteiger charge is -2.25. The van der Waals surface area contributed by atoms with Gasteiger partial charge in [-0.05, 0) is 46.5 Å². The number of nitro benzene ring substituents is 4. The molecule has 4 aromatic carbocycles. The van der Waals surface area contributed by atoms with Crippen molar-refractivity contribution in [2.45, 2.75) is 0 Å². The number of carbonyl (C=O) groups excluding carboxylic acids is 2. The lowest BCUT2D eigenvalue weighted by molar-refractivity contribution is -0.385. The van der Waals surface area contributed by atoms with Crippen molar-refractivity contribution in [1.29, 1.82) is 0 Å². The Morgan fingerprint density at radius 1 is 0.406 bits per heavy atom. The molecule has 0 bridgehead atoms. The molecule has 5 rings (SSSR count). The zero-order valence-electron chi connectivity index (χ0n) is 33.5. The average molecular weight is 891 g/mol. The number of nitrogens with zero attached hydrogens (tertiary/aromatic N) is 6. The fourth-order valence-electron chi connectivity index (χ4n) is 6.54. The first-order valence-electron chi connectivity index (χ1n) is 19.1. The van der Waals surface area contributed by atoms with Crippen LogP contribution in [0.1, 0.15) is 41.4 Å². The molecule has 1 saturated heterocycles. The minimum absolute atomic E-state index is 0.0183. The largest absolute Gasteiger partial charge is 0.478 e. The van der Waals surface area contributed by atoms with Crippen LogP contribution in [0.3, 0.4) is 0 Å². The highest BCUT2D eigenvalue weighted by atomic mass is 16.6. The predicted molar refractivity (Wildman–Crippen MR) is 219 cm³/mol. The van der Waals surface area contributed by atoms with E-state index >= 15 is 0 Å². The van der Waals surface area contributed by atoms with E-state index in [4.69, 9.17) is 18.9 Å². The van der Waals surface area contributed by atoms with Crippen LogP contribution in [0.4, 0.5) is 22.7 Å². The van der Waals surface area contributed by atoms with E-state index in [9.17, 15) is 69.8 Å². The van der Waals surface area contributed by atoms with Crippen molar-refractivity contribution in [3.63, 3.8) is 0 Å². The maximum Gasteiger partial charge on any atom is 0.336 e. The summed E-state index contributed by atoms with van der Waals surface area (Å²) < 4.78 is 22.8. The molecule has 1 heterocycles. The summed E-state index contributed by atoms with van der Waals surface area (Å²) in [5.74, 6) is -4.59. The van der Waals surface area contributed by atoms with E-state index in [1.54, 1.807) is 0 Å². The van der Waals surface area contributed by atoms with Crippen molar-refractivity contribution in [1.82, 2.24) is 9.80 Å². The number of carboxylic acids is 2. The smallest absolute Gasteiger partial charge is 0.336 e. The maximum atomic E-state index is 14.1. The number of amides is 2. The summed E-state index contributed by atoms with van der Waals surface area (Å²) in [6, 6.07) is 12.5. The molecule has 1 aliphatic rings. The number of carboxylic acid groups (broad SMARTS) is 2. The van der Waals surface area contributed by atoms with Crippen LogP contribution >= 0.6 is 0 Å². The van der Waals surface area contributed by atoms with Crippen molar-refractivity contribution in [2.24, 2.45) is 0 Å². The SMILES string of the molecule is O=C(O)c1cc([N+](=O)[O-])ccc1-c1ccc([N+](=O)[O-])cc1C(=O)N1CCOCCOCCN(C(=O)c2cc([N+](=O)[O-])ccc2-c2ccc([N+](=O)[O-])cc2C(=O)O)CCOCCOCC1. The van der Waals surface area contributed by atoms with Crippen LogP contribution in [0.15, 0.2) is 72.8 Å². The van der Waals surface area contributed by atoms with E-state index in [1.807, 2.05) is 0 Å². The summed E-state index contributed by atoms with van der Waals surface area (Å²) in [5, 5.41) is 66.1. The molecule has 336 valence electrons. The summed E-state index contributed by atoms with van der Waals surface area (Å²) in [7, 11) is 0. The lowest BCUT2D eigenvalue weighted by Crippen LogP contribution is -2.38. The van der Waals surface area contributed by atoms with Crippen molar-refractivity contribution in [2.75, 3.05) is 79.0 Å². The quantitative estimate of drug-likeness (QED) is 0.161. The molecule has 2 N–H and O–H groups in total. The molecule has 0 aromatic heterocycles. The monoisotopic (exact) mass is 890 g/mol. The first-order valence-corrected chi connectivity index (χ1v) is 19.1. The van der Waals surface area contributed by atoms with Crippen LogP contribution in [0.5, 0.6) is 0 Å². The molecule has 0 aliphatic carbocycles. The fourth-order valence-corrected chi connectivity index (χ4v) is 6.54. The molecule has 24 nitrogen and oxygen atoms in total. The second-order valence-corrected chi connectivity index (χ2v) is 13.6. The molecular weight excluding hydrogens is 852 g/mol. The molecule has 0 atom stereocenters. The number of hydrogen-bond donors (Lipinski definition) is 2. The fraction of sp³-hybridized carbons (Fsp3) is 0.300. The van der Waals surface area contributed by atoms with Crippen LogP contribution < -0.4 is 0 Å². The van der Waals surface area contributed by atoms with Crippen LogP contribution in [0.2, 0.25) is 0 Å².